The van der Waals surface area contributed by atoms with E-state index in [9.17, 15) is 17.6 Å². The Hall–Kier alpha value is -2.62. The zero-order chi connectivity index (χ0) is 22.9. The molecule has 1 aliphatic rings. The van der Waals surface area contributed by atoms with Crippen molar-refractivity contribution in [1.29, 1.82) is 0 Å². The first-order valence-corrected chi connectivity index (χ1v) is 12.7. The van der Waals surface area contributed by atoms with Crippen molar-refractivity contribution in [3.8, 4) is 0 Å². The SMILES string of the molecule is C=CCn1c(=NC(=O)c2ccc(S(=O)(=O)N3CCCCC3C)cc2)sc2cccc(F)c21. The molecule has 168 valence electrons. The standard InChI is InChI=1S/C23H24FN3O3S2/c1-3-14-26-21-19(24)8-6-9-20(21)31-23(26)25-22(28)17-10-12-18(13-11-17)32(29,30)27-15-5-4-7-16(27)2/h3,6,8-13,16H,1,4-5,7,14-15H2,2H3. The number of thiazole rings is 1. The Labute approximate surface area is 190 Å². The third-order valence-corrected chi connectivity index (χ3v) is 8.68. The second-order valence-electron chi connectivity index (χ2n) is 7.77. The number of fused-ring (bicyclic) bond motifs is 1. The molecule has 9 heteroatoms. The van der Waals surface area contributed by atoms with Gasteiger partial charge < -0.3 is 4.57 Å². The molecule has 3 aromatic rings. The second kappa shape index (κ2) is 9.09. The number of allylic oxidation sites excluding steroid dienone is 1. The van der Waals surface area contributed by atoms with Gasteiger partial charge in [0.15, 0.2) is 4.80 Å². The Balaban J connectivity index is 1.67. The van der Waals surface area contributed by atoms with Gasteiger partial charge in [0.25, 0.3) is 5.91 Å². The molecule has 0 spiro atoms. The lowest BCUT2D eigenvalue weighted by molar-refractivity contribution is 0.0997. The number of carbonyl (C=O) groups excluding carboxylic acids is 1. The highest BCUT2D eigenvalue weighted by molar-refractivity contribution is 7.89. The van der Waals surface area contributed by atoms with Crippen LogP contribution in [-0.2, 0) is 16.6 Å². The summed E-state index contributed by atoms with van der Waals surface area (Å²) in [7, 11) is -3.61. The number of piperidine rings is 1. The van der Waals surface area contributed by atoms with Crippen molar-refractivity contribution in [2.24, 2.45) is 4.99 Å². The maximum absolute atomic E-state index is 14.3. The molecule has 1 fully saturated rings. The van der Waals surface area contributed by atoms with Gasteiger partial charge in [-0.25, -0.2) is 12.8 Å². The van der Waals surface area contributed by atoms with Crippen LogP contribution in [0.1, 0.15) is 36.5 Å². The van der Waals surface area contributed by atoms with Gasteiger partial charge in [0, 0.05) is 24.7 Å². The second-order valence-corrected chi connectivity index (χ2v) is 10.7. The molecular formula is C23H24FN3O3S2. The monoisotopic (exact) mass is 473 g/mol. The summed E-state index contributed by atoms with van der Waals surface area (Å²) in [6, 6.07) is 10.5. The molecule has 1 saturated heterocycles. The van der Waals surface area contributed by atoms with Crippen molar-refractivity contribution >= 4 is 37.5 Å². The third kappa shape index (κ3) is 4.20. The van der Waals surface area contributed by atoms with E-state index < -0.39 is 21.7 Å². The normalized spacial score (nSPS) is 18.2. The molecule has 1 amide bonds. The Bertz CT molecular complexity index is 1340. The molecule has 0 radical (unpaired) electrons. The van der Waals surface area contributed by atoms with E-state index in [0.29, 0.717) is 28.1 Å². The summed E-state index contributed by atoms with van der Waals surface area (Å²) in [6.07, 6.45) is 4.33. The van der Waals surface area contributed by atoms with E-state index in [2.05, 4.69) is 11.6 Å². The molecule has 0 aliphatic carbocycles. The van der Waals surface area contributed by atoms with Gasteiger partial charge in [-0.2, -0.15) is 9.30 Å². The molecule has 32 heavy (non-hydrogen) atoms. The van der Waals surface area contributed by atoms with Crippen molar-refractivity contribution in [3.05, 3.63) is 71.3 Å². The van der Waals surface area contributed by atoms with Crippen LogP contribution in [0.15, 0.2) is 65.0 Å². The van der Waals surface area contributed by atoms with E-state index >= 15 is 0 Å². The summed E-state index contributed by atoms with van der Waals surface area (Å²) in [5.41, 5.74) is 0.639. The fourth-order valence-electron chi connectivity index (χ4n) is 3.96. The van der Waals surface area contributed by atoms with Crippen LogP contribution in [-0.4, -0.2) is 35.8 Å². The first-order valence-electron chi connectivity index (χ1n) is 10.4. The summed E-state index contributed by atoms with van der Waals surface area (Å²) < 4.78 is 44.1. The number of carbonyl (C=O) groups is 1. The number of amides is 1. The van der Waals surface area contributed by atoms with Crippen LogP contribution in [0, 0.1) is 5.82 Å². The molecule has 4 rings (SSSR count). The predicted molar refractivity (Wildman–Crippen MR) is 124 cm³/mol. The number of sulfonamides is 1. The first kappa shape index (κ1) is 22.6. The maximum atomic E-state index is 14.3. The molecular weight excluding hydrogens is 449 g/mol. The summed E-state index contributed by atoms with van der Waals surface area (Å²) >= 11 is 1.21. The minimum Gasteiger partial charge on any atom is -0.310 e. The fraction of sp³-hybridized carbons (Fsp3) is 0.304. The van der Waals surface area contributed by atoms with Crippen molar-refractivity contribution < 1.29 is 17.6 Å². The molecule has 1 aliphatic heterocycles. The Morgan fingerprint density at radius 2 is 2.00 bits per heavy atom. The van der Waals surface area contributed by atoms with Crippen LogP contribution in [0.3, 0.4) is 0 Å². The van der Waals surface area contributed by atoms with Crippen LogP contribution in [0.25, 0.3) is 10.2 Å². The number of para-hydroxylation sites is 1. The van der Waals surface area contributed by atoms with E-state index in [1.165, 1.54) is 46.0 Å². The minimum absolute atomic E-state index is 0.0429. The largest absolute Gasteiger partial charge is 0.310 e. The smallest absolute Gasteiger partial charge is 0.279 e. The van der Waals surface area contributed by atoms with Crippen molar-refractivity contribution in [2.45, 2.75) is 43.7 Å². The lowest BCUT2D eigenvalue weighted by Crippen LogP contribution is -2.41. The van der Waals surface area contributed by atoms with Crippen LogP contribution in [0.5, 0.6) is 0 Å². The van der Waals surface area contributed by atoms with Crippen molar-refractivity contribution in [3.63, 3.8) is 0 Å². The minimum atomic E-state index is -3.61. The maximum Gasteiger partial charge on any atom is 0.279 e. The molecule has 1 unspecified atom stereocenters. The Morgan fingerprint density at radius 1 is 1.25 bits per heavy atom. The molecule has 2 aromatic carbocycles. The average molecular weight is 474 g/mol. The van der Waals surface area contributed by atoms with E-state index in [1.54, 1.807) is 22.8 Å². The van der Waals surface area contributed by atoms with Crippen LogP contribution < -0.4 is 4.80 Å². The zero-order valence-electron chi connectivity index (χ0n) is 17.7. The molecule has 2 heterocycles. The van der Waals surface area contributed by atoms with Gasteiger partial charge in [-0.1, -0.05) is 29.9 Å². The lowest BCUT2D eigenvalue weighted by atomic mass is 10.1. The van der Waals surface area contributed by atoms with Crippen LogP contribution >= 0.6 is 11.3 Å². The summed E-state index contributed by atoms with van der Waals surface area (Å²) in [5.74, 6) is -0.916. The first-order chi connectivity index (χ1) is 15.3. The number of aromatic nitrogens is 1. The van der Waals surface area contributed by atoms with E-state index in [1.807, 2.05) is 6.92 Å². The highest BCUT2D eigenvalue weighted by atomic mass is 32.2. The van der Waals surface area contributed by atoms with Gasteiger partial charge in [-0.05, 0) is 56.2 Å². The van der Waals surface area contributed by atoms with Gasteiger partial charge in [0.05, 0.1) is 15.1 Å². The predicted octanol–water partition coefficient (Wildman–Crippen LogP) is 4.33. The fourth-order valence-corrected chi connectivity index (χ4v) is 6.71. The number of benzene rings is 2. The molecule has 1 atom stereocenters. The molecule has 6 nitrogen and oxygen atoms in total. The van der Waals surface area contributed by atoms with Crippen molar-refractivity contribution in [1.82, 2.24) is 8.87 Å². The average Bonchev–Trinajstić information content (AvgIpc) is 3.12. The van der Waals surface area contributed by atoms with Gasteiger partial charge in [-0.3, -0.25) is 4.79 Å². The number of nitrogens with zero attached hydrogens (tertiary/aromatic N) is 3. The Morgan fingerprint density at radius 3 is 2.69 bits per heavy atom. The number of hydrogen-bond acceptors (Lipinski definition) is 4. The molecule has 0 N–H and O–H groups in total. The van der Waals surface area contributed by atoms with Crippen LogP contribution in [0.2, 0.25) is 0 Å². The van der Waals surface area contributed by atoms with Gasteiger partial charge >= 0.3 is 0 Å². The number of rotatable bonds is 5. The Kier molecular flexibility index (Phi) is 6.41. The lowest BCUT2D eigenvalue weighted by Gasteiger charge is -2.32. The topological polar surface area (TPSA) is 71.7 Å². The molecule has 0 bridgehead atoms. The van der Waals surface area contributed by atoms with Crippen LogP contribution in [0.4, 0.5) is 4.39 Å². The molecule has 0 saturated carbocycles. The van der Waals surface area contributed by atoms with E-state index in [-0.39, 0.29) is 16.5 Å². The quantitative estimate of drug-likeness (QED) is 0.518. The summed E-state index contributed by atoms with van der Waals surface area (Å²) in [5, 5.41) is 0. The van der Waals surface area contributed by atoms with Crippen molar-refractivity contribution in [2.75, 3.05) is 6.54 Å². The van der Waals surface area contributed by atoms with E-state index in [0.717, 1.165) is 19.3 Å². The van der Waals surface area contributed by atoms with Gasteiger partial charge in [-0.15, -0.1) is 6.58 Å². The van der Waals surface area contributed by atoms with Gasteiger partial charge in [0.2, 0.25) is 10.0 Å². The molecule has 1 aromatic heterocycles. The zero-order valence-corrected chi connectivity index (χ0v) is 19.3. The number of halogens is 1. The summed E-state index contributed by atoms with van der Waals surface area (Å²) in [6.45, 7) is 6.43. The van der Waals surface area contributed by atoms with Gasteiger partial charge in [0.1, 0.15) is 5.82 Å². The highest BCUT2D eigenvalue weighted by Gasteiger charge is 2.30. The highest BCUT2D eigenvalue weighted by Crippen LogP contribution is 2.25. The third-order valence-electron chi connectivity index (χ3n) is 5.61. The summed E-state index contributed by atoms with van der Waals surface area (Å²) in [4.78, 5) is 17.5. The van der Waals surface area contributed by atoms with E-state index in [4.69, 9.17) is 0 Å². The number of hydrogen-bond donors (Lipinski definition) is 0.